The molecule has 26 heavy (non-hydrogen) atoms. The molecule has 0 aromatic heterocycles. The van der Waals surface area contributed by atoms with Crippen LogP contribution in [0.2, 0.25) is 0 Å². The molecule has 2 saturated heterocycles. The first-order valence-electron chi connectivity index (χ1n) is 10.5. The average Bonchev–Trinajstić information content (AvgIpc) is 2.69. The first-order chi connectivity index (χ1) is 12.7. The lowest BCUT2D eigenvalue weighted by molar-refractivity contribution is -0.121. The number of amides is 1. The molecule has 4 nitrogen and oxygen atoms in total. The van der Waals surface area contributed by atoms with E-state index in [0.717, 1.165) is 51.0 Å². The van der Waals surface area contributed by atoms with Crippen LogP contribution in [0.5, 0.6) is 0 Å². The van der Waals surface area contributed by atoms with E-state index in [1.54, 1.807) is 0 Å². The molecule has 2 N–H and O–H groups in total. The maximum Gasteiger partial charge on any atom is 0.220 e. The van der Waals surface area contributed by atoms with Gasteiger partial charge in [-0.05, 0) is 75.7 Å². The van der Waals surface area contributed by atoms with Gasteiger partial charge in [-0.2, -0.15) is 0 Å². The molecule has 144 valence electrons. The van der Waals surface area contributed by atoms with E-state index >= 15 is 0 Å². The SMILES string of the molecule is CC1CCN(C(CNC(=O)CCC2CCNCC2)c2ccccc2)CC1. The molecule has 0 saturated carbocycles. The Morgan fingerprint density at radius 2 is 1.85 bits per heavy atom. The van der Waals surface area contributed by atoms with Gasteiger partial charge in [-0.1, -0.05) is 37.3 Å². The van der Waals surface area contributed by atoms with Crippen molar-refractivity contribution in [2.75, 3.05) is 32.7 Å². The van der Waals surface area contributed by atoms with Gasteiger partial charge in [-0.3, -0.25) is 9.69 Å². The lowest BCUT2D eigenvalue weighted by atomic mass is 9.93. The van der Waals surface area contributed by atoms with Gasteiger partial charge in [0.15, 0.2) is 0 Å². The zero-order valence-electron chi connectivity index (χ0n) is 16.3. The highest BCUT2D eigenvalue weighted by Gasteiger charge is 2.25. The zero-order valence-corrected chi connectivity index (χ0v) is 16.3. The Morgan fingerprint density at radius 1 is 1.15 bits per heavy atom. The molecule has 0 bridgehead atoms. The summed E-state index contributed by atoms with van der Waals surface area (Å²) in [6.45, 7) is 7.55. The normalized spacial score (nSPS) is 21.4. The molecule has 1 aromatic rings. The largest absolute Gasteiger partial charge is 0.354 e. The quantitative estimate of drug-likeness (QED) is 0.786. The van der Waals surface area contributed by atoms with Crippen molar-refractivity contribution < 1.29 is 4.79 Å². The minimum absolute atomic E-state index is 0.217. The monoisotopic (exact) mass is 357 g/mol. The fourth-order valence-electron chi connectivity index (χ4n) is 4.28. The van der Waals surface area contributed by atoms with E-state index in [0.29, 0.717) is 12.5 Å². The van der Waals surface area contributed by atoms with Gasteiger partial charge >= 0.3 is 0 Å². The molecule has 2 aliphatic rings. The summed E-state index contributed by atoms with van der Waals surface area (Å²) in [4.78, 5) is 15.0. The van der Waals surface area contributed by atoms with Crippen molar-refractivity contribution in [3.63, 3.8) is 0 Å². The molecule has 1 aromatic carbocycles. The van der Waals surface area contributed by atoms with E-state index in [2.05, 4.69) is 52.8 Å². The van der Waals surface area contributed by atoms with Gasteiger partial charge in [-0.25, -0.2) is 0 Å². The molecule has 1 atom stereocenters. The van der Waals surface area contributed by atoms with Crippen LogP contribution in [0.25, 0.3) is 0 Å². The maximum atomic E-state index is 12.4. The van der Waals surface area contributed by atoms with Crippen molar-refractivity contribution in [1.29, 1.82) is 0 Å². The van der Waals surface area contributed by atoms with Crippen LogP contribution in [0, 0.1) is 11.8 Å². The minimum atomic E-state index is 0.217. The molecule has 1 amide bonds. The Bertz CT molecular complexity index is 534. The van der Waals surface area contributed by atoms with E-state index < -0.39 is 0 Å². The second kappa shape index (κ2) is 10.1. The smallest absolute Gasteiger partial charge is 0.220 e. The number of piperidine rings is 2. The summed E-state index contributed by atoms with van der Waals surface area (Å²) in [5, 5.41) is 6.63. The van der Waals surface area contributed by atoms with E-state index in [9.17, 15) is 4.79 Å². The molecule has 0 radical (unpaired) electrons. The minimum Gasteiger partial charge on any atom is -0.354 e. The number of carbonyl (C=O) groups is 1. The van der Waals surface area contributed by atoms with Gasteiger partial charge in [0.25, 0.3) is 0 Å². The number of likely N-dealkylation sites (tertiary alicyclic amines) is 1. The number of nitrogens with zero attached hydrogens (tertiary/aromatic N) is 1. The summed E-state index contributed by atoms with van der Waals surface area (Å²) in [5.74, 6) is 1.76. The van der Waals surface area contributed by atoms with E-state index in [-0.39, 0.29) is 5.91 Å². The molecule has 2 aliphatic heterocycles. The van der Waals surface area contributed by atoms with Crippen LogP contribution in [-0.2, 0) is 4.79 Å². The van der Waals surface area contributed by atoms with Gasteiger partial charge in [0, 0.05) is 13.0 Å². The molecule has 2 heterocycles. The summed E-state index contributed by atoms with van der Waals surface area (Å²) in [6.07, 6.45) is 6.64. The van der Waals surface area contributed by atoms with Gasteiger partial charge < -0.3 is 10.6 Å². The summed E-state index contributed by atoms with van der Waals surface area (Å²) in [7, 11) is 0. The van der Waals surface area contributed by atoms with Crippen LogP contribution in [0.15, 0.2) is 30.3 Å². The van der Waals surface area contributed by atoms with E-state index in [4.69, 9.17) is 0 Å². The second-order valence-electron chi connectivity index (χ2n) is 8.18. The number of nitrogens with one attached hydrogen (secondary N) is 2. The molecule has 0 spiro atoms. The Hall–Kier alpha value is -1.39. The van der Waals surface area contributed by atoms with Crippen LogP contribution in [0.1, 0.15) is 57.1 Å². The lowest BCUT2D eigenvalue weighted by Gasteiger charge is -2.37. The lowest BCUT2D eigenvalue weighted by Crippen LogP contribution is -2.42. The molecular weight excluding hydrogens is 322 g/mol. The Morgan fingerprint density at radius 3 is 2.54 bits per heavy atom. The molecule has 0 aliphatic carbocycles. The van der Waals surface area contributed by atoms with Crippen molar-refractivity contribution >= 4 is 5.91 Å². The van der Waals surface area contributed by atoms with Gasteiger partial charge in [0.1, 0.15) is 0 Å². The van der Waals surface area contributed by atoms with Crippen molar-refractivity contribution in [3.05, 3.63) is 35.9 Å². The van der Waals surface area contributed by atoms with Crippen LogP contribution in [-0.4, -0.2) is 43.5 Å². The zero-order chi connectivity index (χ0) is 18.2. The molecule has 1 unspecified atom stereocenters. The standard InChI is InChI=1S/C22H35N3O/c1-18-11-15-25(16-12-18)21(20-5-3-2-4-6-20)17-24-22(26)8-7-19-9-13-23-14-10-19/h2-6,18-19,21,23H,7-17H2,1H3,(H,24,26). The van der Waals surface area contributed by atoms with Gasteiger partial charge in [0.2, 0.25) is 5.91 Å². The first-order valence-corrected chi connectivity index (χ1v) is 10.5. The van der Waals surface area contributed by atoms with Crippen molar-refractivity contribution in [3.8, 4) is 0 Å². The summed E-state index contributed by atoms with van der Waals surface area (Å²) in [6, 6.07) is 11.0. The summed E-state index contributed by atoms with van der Waals surface area (Å²) < 4.78 is 0. The highest BCUT2D eigenvalue weighted by atomic mass is 16.1. The van der Waals surface area contributed by atoms with Crippen LogP contribution >= 0.6 is 0 Å². The van der Waals surface area contributed by atoms with E-state index in [1.807, 2.05) is 0 Å². The Kier molecular flexibility index (Phi) is 7.51. The highest BCUT2D eigenvalue weighted by Crippen LogP contribution is 2.26. The topological polar surface area (TPSA) is 44.4 Å². The fraction of sp³-hybridized carbons (Fsp3) is 0.682. The second-order valence-corrected chi connectivity index (χ2v) is 8.18. The van der Waals surface area contributed by atoms with Crippen molar-refractivity contribution in [1.82, 2.24) is 15.5 Å². The van der Waals surface area contributed by atoms with Crippen LogP contribution in [0.3, 0.4) is 0 Å². The summed E-state index contributed by atoms with van der Waals surface area (Å²) >= 11 is 0. The van der Waals surface area contributed by atoms with Crippen LogP contribution < -0.4 is 10.6 Å². The molecule has 3 rings (SSSR count). The average molecular weight is 358 g/mol. The number of carbonyl (C=O) groups excluding carboxylic acids is 1. The third kappa shape index (κ3) is 5.82. The van der Waals surface area contributed by atoms with Crippen molar-refractivity contribution in [2.24, 2.45) is 11.8 Å². The molecule has 2 fully saturated rings. The van der Waals surface area contributed by atoms with E-state index in [1.165, 1.54) is 31.2 Å². The maximum absolute atomic E-state index is 12.4. The Balaban J connectivity index is 1.51. The number of benzene rings is 1. The number of rotatable bonds is 7. The van der Waals surface area contributed by atoms with Gasteiger partial charge in [-0.15, -0.1) is 0 Å². The fourth-order valence-corrected chi connectivity index (χ4v) is 4.28. The predicted octanol–water partition coefficient (Wildman–Crippen LogP) is 3.36. The molecule has 4 heteroatoms. The summed E-state index contributed by atoms with van der Waals surface area (Å²) in [5.41, 5.74) is 1.32. The third-order valence-electron chi connectivity index (χ3n) is 6.17. The predicted molar refractivity (Wildman–Crippen MR) is 107 cm³/mol. The number of hydrogen-bond acceptors (Lipinski definition) is 3. The number of hydrogen-bond donors (Lipinski definition) is 2. The van der Waals surface area contributed by atoms with Gasteiger partial charge in [0.05, 0.1) is 6.04 Å². The third-order valence-corrected chi connectivity index (χ3v) is 6.17. The Labute approximate surface area is 158 Å². The van der Waals surface area contributed by atoms with Crippen molar-refractivity contribution in [2.45, 2.75) is 51.5 Å². The molecular formula is C22H35N3O. The first kappa shape index (κ1) is 19.4. The van der Waals surface area contributed by atoms with Crippen LogP contribution in [0.4, 0.5) is 0 Å². The highest BCUT2D eigenvalue weighted by molar-refractivity contribution is 5.75.